The van der Waals surface area contributed by atoms with Gasteiger partial charge in [0.2, 0.25) is 0 Å². The lowest BCUT2D eigenvalue weighted by atomic mass is 10.7. The van der Waals surface area contributed by atoms with Crippen LogP contribution in [0, 0.1) is 0 Å². The average molecular weight is 274 g/mol. The van der Waals surface area contributed by atoms with E-state index >= 15 is 0 Å². The van der Waals surface area contributed by atoms with Crippen molar-refractivity contribution in [2.45, 2.75) is 0 Å². The molecule has 0 spiro atoms. The van der Waals surface area contributed by atoms with Gasteiger partial charge in [-0.2, -0.15) is 0 Å². The van der Waals surface area contributed by atoms with Crippen LogP contribution in [0.5, 0.6) is 0 Å². The van der Waals surface area contributed by atoms with E-state index in [4.69, 9.17) is 9.90 Å². The van der Waals surface area contributed by atoms with Gasteiger partial charge in [0.25, 0.3) is 0 Å². The van der Waals surface area contributed by atoms with Crippen molar-refractivity contribution in [2.75, 3.05) is 0 Å². The van der Waals surface area contributed by atoms with Crippen molar-refractivity contribution in [3.8, 4) is 0 Å². The number of rotatable bonds is 0. The quantitative estimate of drug-likeness (QED) is 0.740. The van der Waals surface area contributed by atoms with Gasteiger partial charge >= 0.3 is 4.88 Å². The first-order valence-electron chi connectivity index (χ1n) is 2.09. The first kappa shape index (κ1) is 12.4. The van der Waals surface area contributed by atoms with Gasteiger partial charge in [0.05, 0.1) is 12.5 Å². The predicted octanol–water partition coefficient (Wildman–Crippen LogP) is 2.92. The van der Waals surface area contributed by atoms with E-state index in [2.05, 4.69) is 20.3 Å². The normalized spacial score (nSPS) is 6.50. The number of halogens is 2. The van der Waals surface area contributed by atoms with Crippen molar-refractivity contribution >= 4 is 37.8 Å². The number of furan rings is 1. The summed E-state index contributed by atoms with van der Waals surface area (Å²) in [6, 6.07) is 3.67. The van der Waals surface area contributed by atoms with Crippen LogP contribution in [0.15, 0.2) is 29.1 Å². The molecule has 0 bridgehead atoms. The number of carbonyl (C=O) groups is 1. The highest BCUT2D eigenvalue weighted by Crippen LogP contribution is 1.79. The Morgan fingerprint density at radius 2 is 1.70 bits per heavy atom. The molecule has 1 heterocycles. The fraction of sp³-hybridized carbons (Fsp3) is 0. The molecular weight excluding hydrogens is 268 g/mol. The Hall–Kier alpha value is -0.290. The van der Waals surface area contributed by atoms with Crippen LogP contribution in [0.1, 0.15) is 0 Å². The molecule has 1 aromatic heterocycles. The maximum Gasteiger partial charge on any atom is 0.372 e. The van der Waals surface area contributed by atoms with Gasteiger partial charge < -0.3 is 9.52 Å². The number of hydrogen-bond donors (Lipinski definition) is 1. The van der Waals surface area contributed by atoms with Crippen molar-refractivity contribution in [2.24, 2.45) is 0 Å². The zero-order chi connectivity index (χ0) is 7.11. The van der Waals surface area contributed by atoms with E-state index in [1.807, 2.05) is 12.1 Å². The Kier molecular flexibility index (Phi) is 10.8. The smallest absolute Gasteiger partial charge is 0.372 e. The zero-order valence-corrected chi connectivity index (χ0v) is 8.16. The van der Waals surface area contributed by atoms with Crippen molar-refractivity contribution < 1.29 is 14.3 Å². The highest BCUT2D eigenvalue weighted by molar-refractivity contribution is 9.18. The molecule has 0 saturated heterocycles. The minimum atomic E-state index is -1.02. The van der Waals surface area contributed by atoms with Crippen LogP contribution in [0.25, 0.3) is 0 Å². The Bertz CT molecular complexity index is 129. The van der Waals surface area contributed by atoms with E-state index in [1.54, 1.807) is 12.5 Å². The van der Waals surface area contributed by atoms with Crippen molar-refractivity contribution in [3.05, 3.63) is 24.7 Å². The molecule has 5 heteroatoms. The molecule has 0 radical (unpaired) electrons. The second-order valence-corrected chi connectivity index (χ2v) is 1.72. The summed E-state index contributed by atoms with van der Waals surface area (Å²) in [7, 11) is 0. The van der Waals surface area contributed by atoms with Crippen LogP contribution in [0.4, 0.5) is 4.79 Å². The molecule has 1 aromatic rings. The molecule has 0 unspecified atom stereocenters. The standard InChI is InChI=1S/C4H4O.CHBrO2.BrH/c1-2-4-5-3-1;2-1(3)4;/h1-4H;(H,3,4);1H. The third-order valence-corrected chi connectivity index (χ3v) is 0.425. The lowest BCUT2D eigenvalue weighted by Crippen LogP contribution is -1.65. The molecule has 1 rings (SSSR count). The molecule has 0 aliphatic carbocycles. The summed E-state index contributed by atoms with van der Waals surface area (Å²) in [5.74, 6) is 0. The second kappa shape index (κ2) is 8.71. The predicted molar refractivity (Wildman–Crippen MR) is 46.0 cm³/mol. The summed E-state index contributed by atoms with van der Waals surface area (Å²) in [5.41, 5.74) is 0. The Morgan fingerprint density at radius 1 is 1.40 bits per heavy atom. The monoisotopic (exact) mass is 272 g/mol. The molecule has 0 aliphatic heterocycles. The van der Waals surface area contributed by atoms with Gasteiger partial charge in [-0.3, -0.25) is 0 Å². The Balaban J connectivity index is 0. The maximum absolute atomic E-state index is 8.92. The van der Waals surface area contributed by atoms with Gasteiger partial charge in [0.1, 0.15) is 0 Å². The van der Waals surface area contributed by atoms with Crippen LogP contribution in [-0.4, -0.2) is 9.99 Å². The molecule has 0 atom stereocenters. The van der Waals surface area contributed by atoms with Gasteiger partial charge in [-0.05, 0) is 12.1 Å². The SMILES string of the molecule is Br.O=C(O)Br.c1ccoc1. The summed E-state index contributed by atoms with van der Waals surface area (Å²) < 4.78 is 4.58. The second-order valence-electron chi connectivity index (χ2n) is 1.05. The lowest BCUT2D eigenvalue weighted by Gasteiger charge is -1.56. The molecule has 0 aromatic carbocycles. The van der Waals surface area contributed by atoms with E-state index in [0.29, 0.717) is 0 Å². The number of carboxylic acid groups (broad SMARTS) is 1. The van der Waals surface area contributed by atoms with Gasteiger partial charge in [-0.1, -0.05) is 0 Å². The first-order chi connectivity index (χ1) is 4.23. The molecule has 1 N–H and O–H groups in total. The minimum absolute atomic E-state index is 0. The molecule has 0 saturated carbocycles. The van der Waals surface area contributed by atoms with E-state index in [0.717, 1.165) is 0 Å². The fourth-order valence-electron chi connectivity index (χ4n) is 0.227. The molecular formula is C5H6Br2O3. The van der Waals surface area contributed by atoms with Gasteiger partial charge in [-0.25, -0.2) is 4.79 Å². The van der Waals surface area contributed by atoms with Crippen molar-refractivity contribution in [3.63, 3.8) is 0 Å². The van der Waals surface area contributed by atoms with Gasteiger partial charge in [0, 0.05) is 15.9 Å². The van der Waals surface area contributed by atoms with Gasteiger partial charge in [0.15, 0.2) is 0 Å². The maximum atomic E-state index is 8.92. The highest BCUT2D eigenvalue weighted by Gasteiger charge is 1.70. The summed E-state index contributed by atoms with van der Waals surface area (Å²) >= 11 is 2.19. The highest BCUT2D eigenvalue weighted by atomic mass is 79.9. The Morgan fingerprint density at radius 3 is 1.80 bits per heavy atom. The molecule has 0 amide bonds. The van der Waals surface area contributed by atoms with Crippen molar-refractivity contribution in [1.82, 2.24) is 0 Å². The van der Waals surface area contributed by atoms with Crippen LogP contribution >= 0.6 is 32.9 Å². The average Bonchev–Trinajstić information content (AvgIpc) is 2.11. The molecule has 3 nitrogen and oxygen atoms in total. The van der Waals surface area contributed by atoms with E-state index in [9.17, 15) is 0 Å². The van der Waals surface area contributed by atoms with E-state index in [-0.39, 0.29) is 17.0 Å². The Labute approximate surface area is 76.9 Å². The van der Waals surface area contributed by atoms with E-state index in [1.165, 1.54) is 0 Å². The van der Waals surface area contributed by atoms with Crippen molar-refractivity contribution in [1.29, 1.82) is 0 Å². The number of hydrogen-bond acceptors (Lipinski definition) is 2. The zero-order valence-electron chi connectivity index (χ0n) is 4.86. The van der Waals surface area contributed by atoms with E-state index < -0.39 is 4.88 Å². The van der Waals surface area contributed by atoms with Crippen LogP contribution < -0.4 is 0 Å². The largest absolute Gasteiger partial charge is 0.473 e. The summed E-state index contributed by atoms with van der Waals surface area (Å²) in [5, 5.41) is 7.33. The summed E-state index contributed by atoms with van der Waals surface area (Å²) in [6.07, 6.45) is 3.25. The fourth-order valence-corrected chi connectivity index (χ4v) is 0.227. The molecule has 0 fully saturated rings. The van der Waals surface area contributed by atoms with Crippen LogP contribution in [0.2, 0.25) is 0 Å². The first-order valence-corrected chi connectivity index (χ1v) is 2.88. The van der Waals surface area contributed by atoms with Gasteiger partial charge in [-0.15, -0.1) is 17.0 Å². The topological polar surface area (TPSA) is 50.4 Å². The molecule has 10 heavy (non-hydrogen) atoms. The van der Waals surface area contributed by atoms with Crippen LogP contribution in [0.3, 0.4) is 0 Å². The molecule has 0 aliphatic rings. The summed E-state index contributed by atoms with van der Waals surface area (Å²) in [6.45, 7) is 0. The van der Waals surface area contributed by atoms with Crippen LogP contribution in [-0.2, 0) is 0 Å². The third-order valence-electron chi connectivity index (χ3n) is 0.425. The summed E-state index contributed by atoms with van der Waals surface area (Å²) in [4.78, 5) is 7.90. The minimum Gasteiger partial charge on any atom is -0.473 e. The molecule has 58 valence electrons. The lowest BCUT2D eigenvalue weighted by molar-refractivity contribution is 0.223. The third kappa shape index (κ3) is 15.6.